The van der Waals surface area contributed by atoms with Gasteiger partial charge in [-0.05, 0) is 13.8 Å². The summed E-state index contributed by atoms with van der Waals surface area (Å²) in [4.78, 5) is 33.1. The molecule has 0 amide bonds. The van der Waals surface area contributed by atoms with Gasteiger partial charge in [0.1, 0.15) is 5.78 Å². The zero-order chi connectivity index (χ0) is 10.8. The number of carbonyl (C=O) groups excluding carboxylic acids is 3. The van der Waals surface area contributed by atoms with E-state index in [2.05, 4.69) is 0 Å². The summed E-state index contributed by atoms with van der Waals surface area (Å²) in [6.45, 7) is 3.05. The maximum absolute atomic E-state index is 11.6. The number of cyclic esters (lactones) is 1. The van der Waals surface area contributed by atoms with E-state index in [-0.39, 0.29) is 30.4 Å². The summed E-state index contributed by atoms with van der Waals surface area (Å²) in [6.07, 6.45) is 1.12. The third-order valence-corrected chi connectivity index (χ3v) is 2.44. The van der Waals surface area contributed by atoms with E-state index in [1.165, 1.54) is 6.92 Å². The Morgan fingerprint density at radius 2 is 2.07 bits per heavy atom. The molecule has 4 nitrogen and oxygen atoms in total. The van der Waals surface area contributed by atoms with Crippen molar-refractivity contribution in [2.45, 2.75) is 45.1 Å². The quantitative estimate of drug-likeness (QED) is 0.633. The highest BCUT2D eigenvalue weighted by molar-refractivity contribution is 5.93. The Morgan fingerprint density at radius 3 is 2.50 bits per heavy atom. The van der Waals surface area contributed by atoms with E-state index in [0.29, 0.717) is 12.8 Å². The van der Waals surface area contributed by atoms with Crippen molar-refractivity contribution >= 4 is 17.5 Å². The minimum absolute atomic E-state index is 0.0220. The van der Waals surface area contributed by atoms with Crippen LogP contribution in [0.1, 0.15) is 39.5 Å². The number of Topliss-reactive ketones (excluding diaryl/α,β-unsaturated/α-hetero) is 2. The maximum Gasteiger partial charge on any atom is 0.306 e. The summed E-state index contributed by atoms with van der Waals surface area (Å²) in [5.41, 5.74) is -0.980. The van der Waals surface area contributed by atoms with Gasteiger partial charge in [-0.15, -0.1) is 0 Å². The van der Waals surface area contributed by atoms with Gasteiger partial charge in [-0.2, -0.15) is 0 Å². The van der Waals surface area contributed by atoms with Crippen LogP contribution in [0.5, 0.6) is 0 Å². The Morgan fingerprint density at radius 1 is 1.43 bits per heavy atom. The molecule has 1 heterocycles. The third-order valence-electron chi connectivity index (χ3n) is 2.44. The second-order valence-corrected chi connectivity index (χ2v) is 3.83. The fourth-order valence-corrected chi connectivity index (χ4v) is 1.44. The summed E-state index contributed by atoms with van der Waals surface area (Å²) < 4.78 is 4.94. The Labute approximate surface area is 82.6 Å². The standard InChI is InChI=1S/C10H14O4/c1-7(11)3-4-8(12)10(2)6-5-9(13)14-10/h3-6H2,1-2H3. The molecule has 0 aromatic rings. The largest absolute Gasteiger partial charge is 0.451 e. The van der Waals surface area contributed by atoms with Gasteiger partial charge in [0.2, 0.25) is 0 Å². The number of ketones is 2. The van der Waals surface area contributed by atoms with Gasteiger partial charge in [0.15, 0.2) is 11.4 Å². The first-order valence-corrected chi connectivity index (χ1v) is 4.68. The summed E-state index contributed by atoms with van der Waals surface area (Å²) in [5, 5.41) is 0. The van der Waals surface area contributed by atoms with E-state index in [0.717, 1.165) is 0 Å². The Kier molecular flexibility index (Phi) is 3.03. The van der Waals surface area contributed by atoms with Crippen LogP contribution in [0.4, 0.5) is 0 Å². The van der Waals surface area contributed by atoms with Gasteiger partial charge >= 0.3 is 5.97 Å². The summed E-state index contributed by atoms with van der Waals surface area (Å²) >= 11 is 0. The Hall–Kier alpha value is -1.19. The lowest BCUT2D eigenvalue weighted by Gasteiger charge is -2.20. The summed E-state index contributed by atoms with van der Waals surface area (Å²) in [5.74, 6) is -0.506. The predicted molar refractivity (Wildman–Crippen MR) is 48.7 cm³/mol. The third kappa shape index (κ3) is 2.40. The van der Waals surface area contributed by atoms with Gasteiger partial charge in [0.25, 0.3) is 0 Å². The SMILES string of the molecule is CC(=O)CCC(=O)C1(C)CCC(=O)O1. The lowest BCUT2D eigenvalue weighted by molar-refractivity contribution is -0.155. The fraction of sp³-hybridized carbons (Fsp3) is 0.700. The van der Waals surface area contributed by atoms with Crippen LogP contribution >= 0.6 is 0 Å². The van der Waals surface area contributed by atoms with Gasteiger partial charge in [0, 0.05) is 25.7 Å². The van der Waals surface area contributed by atoms with Crippen molar-refractivity contribution in [2.24, 2.45) is 0 Å². The highest BCUT2D eigenvalue weighted by Gasteiger charge is 2.41. The van der Waals surface area contributed by atoms with Gasteiger partial charge in [-0.1, -0.05) is 0 Å². The minimum Gasteiger partial charge on any atom is -0.451 e. The number of esters is 1. The monoisotopic (exact) mass is 198 g/mol. The van der Waals surface area contributed by atoms with E-state index >= 15 is 0 Å². The summed E-state index contributed by atoms with van der Waals surface area (Å²) in [6, 6.07) is 0. The van der Waals surface area contributed by atoms with Crippen molar-refractivity contribution in [1.29, 1.82) is 0 Å². The molecule has 0 saturated carbocycles. The molecule has 0 aromatic heterocycles. The normalized spacial score (nSPS) is 26.0. The zero-order valence-corrected chi connectivity index (χ0v) is 8.46. The molecule has 0 aliphatic carbocycles. The molecule has 1 fully saturated rings. The van der Waals surface area contributed by atoms with Crippen LogP contribution in [0.3, 0.4) is 0 Å². The van der Waals surface area contributed by atoms with Crippen molar-refractivity contribution in [3.63, 3.8) is 0 Å². The molecule has 1 rings (SSSR count). The first kappa shape index (κ1) is 10.9. The first-order valence-electron chi connectivity index (χ1n) is 4.68. The molecule has 0 N–H and O–H groups in total. The second kappa shape index (κ2) is 3.90. The molecule has 78 valence electrons. The highest BCUT2D eigenvalue weighted by Crippen LogP contribution is 2.28. The van der Waals surface area contributed by atoms with Crippen molar-refractivity contribution in [1.82, 2.24) is 0 Å². The molecular weight excluding hydrogens is 184 g/mol. The average Bonchev–Trinajstić information content (AvgIpc) is 2.43. The molecule has 0 radical (unpaired) electrons. The molecule has 14 heavy (non-hydrogen) atoms. The molecule has 1 atom stereocenters. The van der Waals surface area contributed by atoms with Crippen LogP contribution in [0, 0.1) is 0 Å². The number of carbonyl (C=O) groups is 3. The minimum atomic E-state index is -0.980. The van der Waals surface area contributed by atoms with E-state index in [1.807, 2.05) is 0 Å². The number of ether oxygens (including phenoxy) is 1. The fourth-order valence-electron chi connectivity index (χ4n) is 1.44. The van der Waals surface area contributed by atoms with Crippen LogP contribution in [0.15, 0.2) is 0 Å². The van der Waals surface area contributed by atoms with Crippen LogP contribution < -0.4 is 0 Å². The average molecular weight is 198 g/mol. The highest BCUT2D eigenvalue weighted by atomic mass is 16.6. The second-order valence-electron chi connectivity index (χ2n) is 3.83. The van der Waals surface area contributed by atoms with Gasteiger partial charge in [-0.25, -0.2) is 0 Å². The number of hydrogen-bond acceptors (Lipinski definition) is 4. The molecule has 1 aliphatic rings. The summed E-state index contributed by atoms with van der Waals surface area (Å²) in [7, 11) is 0. The number of rotatable bonds is 4. The van der Waals surface area contributed by atoms with Crippen LogP contribution in [0.25, 0.3) is 0 Å². The van der Waals surface area contributed by atoms with Crippen LogP contribution in [-0.4, -0.2) is 23.1 Å². The van der Waals surface area contributed by atoms with Gasteiger partial charge < -0.3 is 9.53 Å². The van der Waals surface area contributed by atoms with E-state index < -0.39 is 5.60 Å². The predicted octanol–water partition coefficient (Wildman–Crippen LogP) is 1.02. The van der Waals surface area contributed by atoms with Crippen molar-refractivity contribution < 1.29 is 19.1 Å². The zero-order valence-electron chi connectivity index (χ0n) is 8.46. The van der Waals surface area contributed by atoms with Gasteiger partial charge in [0.05, 0.1) is 0 Å². The molecule has 4 heteroatoms. The lowest BCUT2D eigenvalue weighted by atomic mass is 9.93. The smallest absolute Gasteiger partial charge is 0.306 e. The molecular formula is C10H14O4. The first-order chi connectivity index (χ1) is 6.44. The van der Waals surface area contributed by atoms with Gasteiger partial charge in [-0.3, -0.25) is 9.59 Å². The van der Waals surface area contributed by atoms with Crippen molar-refractivity contribution in [3.05, 3.63) is 0 Å². The Balaban J connectivity index is 2.51. The Bertz CT molecular complexity index is 282. The van der Waals surface area contributed by atoms with Crippen molar-refractivity contribution in [3.8, 4) is 0 Å². The van der Waals surface area contributed by atoms with Crippen LogP contribution in [-0.2, 0) is 19.1 Å². The molecule has 1 unspecified atom stereocenters. The number of hydrogen-bond donors (Lipinski definition) is 0. The molecule has 0 spiro atoms. The van der Waals surface area contributed by atoms with Crippen molar-refractivity contribution in [2.75, 3.05) is 0 Å². The molecule has 1 saturated heterocycles. The van der Waals surface area contributed by atoms with E-state index in [4.69, 9.17) is 4.74 Å². The van der Waals surface area contributed by atoms with Crippen LogP contribution in [0.2, 0.25) is 0 Å². The molecule has 0 bridgehead atoms. The molecule has 0 aromatic carbocycles. The topological polar surface area (TPSA) is 60.4 Å². The van der Waals surface area contributed by atoms with E-state index in [1.54, 1.807) is 6.92 Å². The maximum atomic E-state index is 11.6. The van der Waals surface area contributed by atoms with E-state index in [9.17, 15) is 14.4 Å². The lowest BCUT2D eigenvalue weighted by Crippen LogP contribution is -2.34. The molecule has 1 aliphatic heterocycles.